The highest BCUT2D eigenvalue weighted by Crippen LogP contribution is 2.60. The van der Waals surface area contributed by atoms with E-state index in [9.17, 15) is 14.7 Å². The van der Waals surface area contributed by atoms with Gasteiger partial charge in [-0.3, -0.25) is 4.79 Å². The SMILES string of the molecule is C=C(C)C(=O)OC1(CC(=O)O)C2CC3CC(C2)CC1C3. The van der Waals surface area contributed by atoms with Crippen LogP contribution in [-0.4, -0.2) is 22.6 Å². The number of ether oxygens (including phenoxy) is 1. The molecule has 0 atom stereocenters. The van der Waals surface area contributed by atoms with Crippen LogP contribution >= 0.6 is 0 Å². The van der Waals surface area contributed by atoms with Gasteiger partial charge in [0.15, 0.2) is 0 Å². The Balaban J connectivity index is 1.91. The molecule has 0 unspecified atom stereocenters. The monoisotopic (exact) mass is 278 g/mol. The van der Waals surface area contributed by atoms with Gasteiger partial charge in [-0.2, -0.15) is 0 Å². The zero-order valence-electron chi connectivity index (χ0n) is 11.9. The van der Waals surface area contributed by atoms with Crippen LogP contribution in [0.4, 0.5) is 0 Å². The first-order valence-electron chi connectivity index (χ1n) is 7.51. The fourth-order valence-corrected chi connectivity index (χ4v) is 4.97. The maximum Gasteiger partial charge on any atom is 0.333 e. The molecule has 0 aliphatic heterocycles. The van der Waals surface area contributed by atoms with E-state index >= 15 is 0 Å². The molecular formula is C16H22O4. The number of esters is 1. The Morgan fingerprint density at radius 3 is 2.05 bits per heavy atom. The molecule has 0 saturated heterocycles. The molecule has 0 heterocycles. The zero-order valence-corrected chi connectivity index (χ0v) is 11.9. The minimum atomic E-state index is -0.869. The number of rotatable bonds is 4. The molecule has 4 fully saturated rings. The first kappa shape index (κ1) is 13.7. The second-order valence-corrected chi connectivity index (χ2v) is 7.00. The van der Waals surface area contributed by atoms with Crippen molar-refractivity contribution in [3.63, 3.8) is 0 Å². The molecule has 1 N–H and O–H groups in total. The summed E-state index contributed by atoms with van der Waals surface area (Å²) in [6, 6.07) is 0. The van der Waals surface area contributed by atoms with Crippen LogP contribution in [0, 0.1) is 23.7 Å². The maximum absolute atomic E-state index is 12.0. The van der Waals surface area contributed by atoms with Crippen molar-refractivity contribution < 1.29 is 19.4 Å². The molecule has 4 rings (SSSR count). The molecule has 0 amide bonds. The average Bonchev–Trinajstić information content (AvgIpc) is 2.33. The van der Waals surface area contributed by atoms with Crippen molar-refractivity contribution in [3.05, 3.63) is 12.2 Å². The van der Waals surface area contributed by atoms with Gasteiger partial charge in [0.2, 0.25) is 0 Å². The number of carbonyl (C=O) groups is 2. The van der Waals surface area contributed by atoms with Gasteiger partial charge in [-0.05, 0) is 50.9 Å². The van der Waals surface area contributed by atoms with Crippen molar-refractivity contribution in [2.75, 3.05) is 0 Å². The van der Waals surface area contributed by atoms with E-state index in [0.717, 1.165) is 25.7 Å². The van der Waals surface area contributed by atoms with Crippen molar-refractivity contribution in [1.29, 1.82) is 0 Å². The Morgan fingerprint density at radius 2 is 1.65 bits per heavy atom. The van der Waals surface area contributed by atoms with Crippen LogP contribution < -0.4 is 0 Å². The normalized spacial score (nSPS) is 41.5. The van der Waals surface area contributed by atoms with Gasteiger partial charge in [-0.1, -0.05) is 6.58 Å². The van der Waals surface area contributed by atoms with Crippen molar-refractivity contribution in [2.45, 2.75) is 51.0 Å². The Labute approximate surface area is 119 Å². The van der Waals surface area contributed by atoms with Crippen LogP contribution in [0.15, 0.2) is 12.2 Å². The summed E-state index contributed by atoms with van der Waals surface area (Å²) in [5.74, 6) is 0.563. The fourth-order valence-electron chi connectivity index (χ4n) is 4.97. The molecule has 0 radical (unpaired) electrons. The van der Waals surface area contributed by atoms with E-state index in [1.165, 1.54) is 6.42 Å². The molecule has 4 bridgehead atoms. The largest absolute Gasteiger partial charge is 0.481 e. The number of carbonyl (C=O) groups excluding carboxylic acids is 1. The Hall–Kier alpha value is -1.32. The van der Waals surface area contributed by atoms with E-state index in [2.05, 4.69) is 6.58 Å². The van der Waals surface area contributed by atoms with E-state index in [1.54, 1.807) is 6.92 Å². The van der Waals surface area contributed by atoms with E-state index < -0.39 is 17.5 Å². The molecule has 4 nitrogen and oxygen atoms in total. The predicted octanol–water partition coefficient (Wildman–Crippen LogP) is 2.78. The lowest BCUT2D eigenvalue weighted by atomic mass is 9.49. The first-order valence-corrected chi connectivity index (χ1v) is 7.51. The van der Waals surface area contributed by atoms with E-state index in [0.29, 0.717) is 17.4 Å². The summed E-state index contributed by atoms with van der Waals surface area (Å²) in [6.07, 6.45) is 5.30. The minimum absolute atomic E-state index is 0.0548. The molecule has 0 aromatic heterocycles. The van der Waals surface area contributed by atoms with Crippen molar-refractivity contribution in [2.24, 2.45) is 23.7 Å². The van der Waals surface area contributed by atoms with Crippen molar-refractivity contribution >= 4 is 11.9 Å². The third-order valence-corrected chi connectivity index (χ3v) is 5.58. The molecule has 0 spiro atoms. The predicted molar refractivity (Wildman–Crippen MR) is 72.9 cm³/mol. The van der Waals surface area contributed by atoms with Crippen LogP contribution in [0.1, 0.15) is 45.4 Å². The van der Waals surface area contributed by atoms with Gasteiger partial charge in [0.05, 0.1) is 6.42 Å². The van der Waals surface area contributed by atoms with Crippen LogP contribution in [0.5, 0.6) is 0 Å². The summed E-state index contributed by atoms with van der Waals surface area (Å²) in [5, 5.41) is 9.30. The highest BCUT2D eigenvalue weighted by atomic mass is 16.6. The first-order chi connectivity index (χ1) is 9.40. The van der Waals surface area contributed by atoms with E-state index in [1.807, 2.05) is 0 Å². The van der Waals surface area contributed by atoms with Crippen LogP contribution in [0.2, 0.25) is 0 Å². The Kier molecular flexibility index (Phi) is 3.14. The van der Waals surface area contributed by atoms with Crippen molar-refractivity contribution in [3.8, 4) is 0 Å². The molecule has 0 aromatic rings. The van der Waals surface area contributed by atoms with Gasteiger partial charge < -0.3 is 9.84 Å². The zero-order chi connectivity index (χ0) is 14.5. The third-order valence-electron chi connectivity index (χ3n) is 5.58. The molecule has 110 valence electrons. The highest BCUT2D eigenvalue weighted by molar-refractivity contribution is 5.87. The third kappa shape index (κ3) is 2.05. The average molecular weight is 278 g/mol. The molecule has 4 aliphatic carbocycles. The second kappa shape index (κ2) is 4.61. The maximum atomic E-state index is 12.0. The quantitative estimate of drug-likeness (QED) is 0.634. The van der Waals surface area contributed by atoms with Crippen LogP contribution in [0.3, 0.4) is 0 Å². The minimum Gasteiger partial charge on any atom is -0.481 e. The molecule has 4 heteroatoms. The molecule has 4 saturated carbocycles. The summed E-state index contributed by atoms with van der Waals surface area (Å²) in [4.78, 5) is 23.3. The van der Waals surface area contributed by atoms with Crippen LogP contribution in [-0.2, 0) is 14.3 Å². The topological polar surface area (TPSA) is 63.6 Å². The molecule has 20 heavy (non-hydrogen) atoms. The summed E-state index contributed by atoms with van der Waals surface area (Å²) in [5.41, 5.74) is -0.432. The lowest BCUT2D eigenvalue weighted by molar-refractivity contribution is -0.211. The lowest BCUT2D eigenvalue weighted by Gasteiger charge is -2.59. The molecule has 4 aliphatic rings. The fraction of sp³-hybridized carbons (Fsp3) is 0.750. The van der Waals surface area contributed by atoms with E-state index in [-0.39, 0.29) is 18.3 Å². The number of aliphatic carboxylic acids is 1. The highest BCUT2D eigenvalue weighted by Gasteiger charge is 2.60. The van der Waals surface area contributed by atoms with E-state index in [4.69, 9.17) is 4.74 Å². The Bertz CT molecular complexity index is 437. The smallest absolute Gasteiger partial charge is 0.333 e. The molecular weight excluding hydrogens is 256 g/mol. The number of hydrogen-bond acceptors (Lipinski definition) is 3. The standard InChI is InChI=1S/C16H22O4/c1-9(2)15(19)20-16(8-14(17)18)12-4-10-3-11(6-12)7-13(16)5-10/h10-13H,1,3-8H2,2H3,(H,17,18). The van der Waals surface area contributed by atoms with Gasteiger partial charge in [-0.25, -0.2) is 4.79 Å². The lowest BCUT2D eigenvalue weighted by Crippen LogP contribution is -2.60. The molecule has 0 aromatic carbocycles. The van der Waals surface area contributed by atoms with Gasteiger partial charge in [0.25, 0.3) is 0 Å². The summed E-state index contributed by atoms with van der Waals surface area (Å²) >= 11 is 0. The van der Waals surface area contributed by atoms with Crippen molar-refractivity contribution in [1.82, 2.24) is 0 Å². The second-order valence-electron chi connectivity index (χ2n) is 7.00. The number of hydrogen-bond donors (Lipinski definition) is 1. The number of carboxylic acids is 1. The van der Waals surface area contributed by atoms with Gasteiger partial charge in [0, 0.05) is 17.4 Å². The van der Waals surface area contributed by atoms with Crippen LogP contribution in [0.25, 0.3) is 0 Å². The summed E-state index contributed by atoms with van der Waals surface area (Å²) < 4.78 is 5.77. The summed E-state index contributed by atoms with van der Waals surface area (Å²) in [7, 11) is 0. The van der Waals surface area contributed by atoms with Gasteiger partial charge in [-0.15, -0.1) is 0 Å². The Morgan fingerprint density at radius 1 is 1.15 bits per heavy atom. The van der Waals surface area contributed by atoms with Gasteiger partial charge in [0.1, 0.15) is 5.60 Å². The summed E-state index contributed by atoms with van der Waals surface area (Å²) in [6.45, 7) is 5.24. The number of carboxylic acid groups (broad SMARTS) is 1. The van der Waals surface area contributed by atoms with Gasteiger partial charge >= 0.3 is 11.9 Å².